The monoisotopic (exact) mass is 578 g/mol. The number of nitrogens with two attached hydrogens (primary N) is 1. The number of allylic oxidation sites excluding steroid dienone is 3. The zero-order valence-electron chi connectivity index (χ0n) is 24.2. The van der Waals surface area contributed by atoms with E-state index in [1.54, 1.807) is 18.4 Å². The second kappa shape index (κ2) is 13.1. The minimum absolute atomic E-state index is 0.0258. The largest absolute Gasteiger partial charge is 0.496 e. The van der Waals surface area contributed by atoms with Crippen molar-refractivity contribution in [2.45, 2.75) is 45.3 Å². The van der Waals surface area contributed by atoms with Crippen LogP contribution in [0.1, 0.15) is 64.0 Å². The Kier molecular flexibility index (Phi) is 8.84. The number of benzene rings is 3. The summed E-state index contributed by atoms with van der Waals surface area (Å²) in [5, 5.41) is 0.963. The molecular weight excluding hydrogens is 540 g/mol. The van der Waals surface area contributed by atoms with E-state index in [2.05, 4.69) is 41.3 Å². The molecule has 0 unspecified atom stereocenters. The number of fused-ring (bicyclic) bond motifs is 1. The van der Waals surface area contributed by atoms with Gasteiger partial charge in [-0.25, -0.2) is 0 Å². The molecule has 2 N–H and O–H groups in total. The molecular formula is C36H38N2O3S. The van der Waals surface area contributed by atoms with Gasteiger partial charge in [0.15, 0.2) is 5.78 Å². The van der Waals surface area contributed by atoms with Gasteiger partial charge in [-0.2, -0.15) is 0 Å². The van der Waals surface area contributed by atoms with Crippen molar-refractivity contribution in [3.05, 3.63) is 112 Å². The second-order valence-electron chi connectivity index (χ2n) is 11.1. The van der Waals surface area contributed by atoms with Crippen molar-refractivity contribution in [3.63, 3.8) is 0 Å². The zero-order chi connectivity index (χ0) is 28.9. The van der Waals surface area contributed by atoms with E-state index in [4.69, 9.17) is 15.2 Å². The van der Waals surface area contributed by atoms with Crippen LogP contribution in [-0.2, 0) is 13.2 Å². The minimum Gasteiger partial charge on any atom is -0.496 e. The second-order valence-corrected chi connectivity index (χ2v) is 12.2. The normalized spacial score (nSPS) is 15.5. The number of likely N-dealkylation sites (tertiary alicyclic amines) is 1. The highest BCUT2D eigenvalue weighted by atomic mass is 32.1. The molecule has 1 saturated heterocycles. The van der Waals surface area contributed by atoms with Gasteiger partial charge in [-0.15, -0.1) is 11.3 Å². The van der Waals surface area contributed by atoms with E-state index < -0.39 is 0 Å². The Bertz CT molecular complexity index is 1630. The maximum absolute atomic E-state index is 14.3. The number of carbonyl (C=O) groups is 1. The fourth-order valence-electron chi connectivity index (χ4n) is 5.96. The van der Waals surface area contributed by atoms with E-state index in [1.165, 1.54) is 24.0 Å². The lowest BCUT2D eigenvalue weighted by Gasteiger charge is -2.18. The van der Waals surface area contributed by atoms with Crippen LogP contribution in [0, 0.1) is 0 Å². The highest BCUT2D eigenvalue weighted by Gasteiger charge is 2.25. The Morgan fingerprint density at radius 2 is 1.81 bits per heavy atom. The zero-order valence-corrected chi connectivity index (χ0v) is 25.1. The van der Waals surface area contributed by atoms with Crippen LogP contribution in [0.15, 0.2) is 84.5 Å². The topological polar surface area (TPSA) is 64.8 Å². The average Bonchev–Trinajstić information content (AvgIpc) is 3.68. The van der Waals surface area contributed by atoms with Crippen LogP contribution in [0.4, 0.5) is 0 Å². The lowest BCUT2D eigenvalue weighted by atomic mass is 9.91. The summed E-state index contributed by atoms with van der Waals surface area (Å²) in [6.07, 6.45) is 9.63. The molecule has 1 aromatic heterocycles. The van der Waals surface area contributed by atoms with Gasteiger partial charge in [-0.3, -0.25) is 9.69 Å². The van der Waals surface area contributed by atoms with Gasteiger partial charge in [0.2, 0.25) is 0 Å². The first-order valence-electron chi connectivity index (χ1n) is 14.9. The number of methoxy groups -OCH3 is 1. The predicted molar refractivity (Wildman–Crippen MR) is 173 cm³/mol. The molecule has 6 heteroatoms. The van der Waals surface area contributed by atoms with E-state index in [0.29, 0.717) is 18.7 Å². The van der Waals surface area contributed by atoms with Gasteiger partial charge < -0.3 is 15.2 Å². The number of ketones is 1. The van der Waals surface area contributed by atoms with Crippen LogP contribution in [0.3, 0.4) is 0 Å². The highest BCUT2D eigenvalue weighted by molar-refractivity contribution is 7.20. The van der Waals surface area contributed by atoms with Crippen molar-refractivity contribution in [1.29, 1.82) is 0 Å². The van der Waals surface area contributed by atoms with Gasteiger partial charge in [0.25, 0.3) is 0 Å². The first-order chi connectivity index (χ1) is 20.6. The van der Waals surface area contributed by atoms with E-state index in [0.717, 1.165) is 82.0 Å². The van der Waals surface area contributed by atoms with Crippen molar-refractivity contribution in [3.8, 4) is 11.5 Å². The smallest absolute Gasteiger partial charge is 0.195 e. The molecule has 42 heavy (non-hydrogen) atoms. The summed E-state index contributed by atoms with van der Waals surface area (Å²) >= 11 is 1.68. The van der Waals surface area contributed by atoms with Crippen molar-refractivity contribution < 1.29 is 14.3 Å². The third kappa shape index (κ3) is 6.21. The highest BCUT2D eigenvalue weighted by Crippen LogP contribution is 2.42. The minimum atomic E-state index is 0.0258. The molecule has 2 heterocycles. The van der Waals surface area contributed by atoms with Crippen LogP contribution >= 0.6 is 11.3 Å². The van der Waals surface area contributed by atoms with Gasteiger partial charge in [0, 0.05) is 38.2 Å². The maximum Gasteiger partial charge on any atom is 0.195 e. The van der Waals surface area contributed by atoms with Gasteiger partial charge in [0.1, 0.15) is 18.1 Å². The summed E-state index contributed by atoms with van der Waals surface area (Å²) in [7, 11) is 1.69. The number of nitrogens with zero attached hydrogens (tertiary/aromatic N) is 1. The maximum atomic E-state index is 14.3. The van der Waals surface area contributed by atoms with Gasteiger partial charge in [-0.1, -0.05) is 60.2 Å². The average molecular weight is 579 g/mol. The molecule has 2 aliphatic rings. The van der Waals surface area contributed by atoms with Crippen LogP contribution in [-0.4, -0.2) is 37.4 Å². The van der Waals surface area contributed by atoms with Gasteiger partial charge >= 0.3 is 0 Å². The molecule has 0 spiro atoms. The summed E-state index contributed by atoms with van der Waals surface area (Å²) in [6, 6.07) is 22.2. The molecule has 0 atom stereocenters. The Morgan fingerprint density at radius 3 is 2.55 bits per heavy atom. The van der Waals surface area contributed by atoms with E-state index in [1.807, 2.05) is 42.5 Å². The Hall–Kier alpha value is -3.71. The standard InChI is InChI=1S/C36H38N2O3S/c1-40-32-21-28(13-14-29(32)23-38-19-5-6-20-38)35(39)34-31-16-15-30(41-24-26-7-3-2-4-8-26)22-33(31)42-36(34)27-11-9-25(10-12-27)17-18-37/h2-4,7-9,11,13-16,21-22H,5-6,10,12,17-20,23-24,37H2,1H3. The number of hydrogen-bond donors (Lipinski definition) is 1. The third-order valence-corrected chi connectivity index (χ3v) is 9.50. The molecule has 0 saturated carbocycles. The number of hydrogen-bond acceptors (Lipinski definition) is 6. The van der Waals surface area contributed by atoms with Crippen LogP contribution in [0.25, 0.3) is 15.7 Å². The van der Waals surface area contributed by atoms with Crippen molar-refractivity contribution in [2.75, 3.05) is 26.7 Å². The molecule has 1 aliphatic heterocycles. The molecule has 3 aromatic carbocycles. The molecule has 0 bridgehead atoms. The molecule has 4 aromatic rings. The molecule has 216 valence electrons. The lowest BCUT2D eigenvalue weighted by molar-refractivity contribution is 0.104. The van der Waals surface area contributed by atoms with Crippen molar-refractivity contribution in [1.82, 2.24) is 4.90 Å². The molecule has 1 aliphatic carbocycles. The van der Waals surface area contributed by atoms with Crippen LogP contribution in [0.2, 0.25) is 0 Å². The molecule has 0 amide bonds. The number of rotatable bonds is 11. The number of thiophene rings is 1. The molecule has 5 nitrogen and oxygen atoms in total. The molecule has 1 fully saturated rings. The Labute approximate surface area is 252 Å². The summed E-state index contributed by atoms with van der Waals surface area (Å²) < 4.78 is 13.0. The van der Waals surface area contributed by atoms with Gasteiger partial charge in [-0.05, 0) is 87.1 Å². The van der Waals surface area contributed by atoms with Crippen LogP contribution in [0.5, 0.6) is 11.5 Å². The van der Waals surface area contributed by atoms with Gasteiger partial charge in [0.05, 0.1) is 7.11 Å². The Balaban J connectivity index is 1.36. The first kappa shape index (κ1) is 28.4. The fourth-order valence-corrected chi connectivity index (χ4v) is 7.25. The summed E-state index contributed by atoms with van der Waals surface area (Å²) in [6.45, 7) is 4.23. The summed E-state index contributed by atoms with van der Waals surface area (Å²) in [5.74, 6) is 1.60. The number of carbonyl (C=O) groups excluding carboxylic acids is 1. The third-order valence-electron chi connectivity index (χ3n) is 8.27. The Morgan fingerprint density at radius 1 is 0.976 bits per heavy atom. The quantitative estimate of drug-likeness (QED) is 0.184. The van der Waals surface area contributed by atoms with E-state index in [9.17, 15) is 4.79 Å². The molecule has 6 rings (SSSR count). The summed E-state index contributed by atoms with van der Waals surface area (Å²) in [4.78, 5) is 17.8. The summed E-state index contributed by atoms with van der Waals surface area (Å²) in [5.41, 5.74) is 12.0. The van der Waals surface area contributed by atoms with E-state index in [-0.39, 0.29) is 5.78 Å². The van der Waals surface area contributed by atoms with Crippen molar-refractivity contribution in [2.24, 2.45) is 5.73 Å². The van der Waals surface area contributed by atoms with Crippen molar-refractivity contribution >= 4 is 32.8 Å². The first-order valence-corrected chi connectivity index (χ1v) is 15.7. The fraction of sp³-hybridized carbons (Fsp3) is 0.306. The molecule has 0 radical (unpaired) electrons. The number of ether oxygens (including phenoxy) is 2. The predicted octanol–water partition coefficient (Wildman–Crippen LogP) is 7.77. The van der Waals surface area contributed by atoms with Crippen LogP contribution < -0.4 is 15.2 Å². The lowest BCUT2D eigenvalue weighted by Crippen LogP contribution is -2.19. The SMILES string of the molecule is COc1cc(C(=O)c2c(C3=CC=C(CCN)CC3)sc3cc(OCc4ccccc4)ccc23)ccc1CN1CCCC1. The van der Waals surface area contributed by atoms with E-state index >= 15 is 0 Å².